The van der Waals surface area contributed by atoms with Gasteiger partial charge < -0.3 is 49.3 Å². The van der Waals surface area contributed by atoms with Crippen LogP contribution in [-0.2, 0) is 30.4 Å². The monoisotopic (exact) mass is 848 g/mol. The van der Waals surface area contributed by atoms with E-state index in [0.717, 1.165) is 81.2 Å². The zero-order chi connectivity index (χ0) is 44.0. The van der Waals surface area contributed by atoms with Crippen LogP contribution in [0, 0.1) is 11.8 Å². The van der Waals surface area contributed by atoms with Gasteiger partial charge in [0.2, 0.25) is 11.8 Å². The number of aromatic amines is 2. The first-order valence-electron chi connectivity index (χ1n) is 21.5. The molecule has 8 rings (SSSR count). The van der Waals surface area contributed by atoms with Crippen LogP contribution in [0.4, 0.5) is 9.59 Å². The van der Waals surface area contributed by atoms with Crippen LogP contribution in [0.1, 0.15) is 89.6 Å². The number of H-pyrrole nitrogens is 2. The Balaban J connectivity index is 1.05. The molecule has 1 unspecified atom stereocenters. The molecule has 2 fully saturated rings. The first-order valence-corrected chi connectivity index (χ1v) is 21.5. The Morgan fingerprint density at radius 3 is 2.35 bits per heavy atom. The summed E-state index contributed by atoms with van der Waals surface area (Å²) in [5.74, 6) is 1.89. The molecule has 5 heterocycles. The number of aromatic nitrogens is 4. The molecule has 0 aliphatic carbocycles. The van der Waals surface area contributed by atoms with E-state index in [9.17, 15) is 19.2 Å². The second kappa shape index (κ2) is 17.3. The fourth-order valence-electron chi connectivity index (χ4n) is 9.38. The molecule has 3 aliphatic heterocycles. The van der Waals surface area contributed by atoms with Crippen molar-refractivity contribution in [3.8, 4) is 28.1 Å². The van der Waals surface area contributed by atoms with Gasteiger partial charge in [-0.25, -0.2) is 19.6 Å². The summed E-state index contributed by atoms with van der Waals surface area (Å²) in [5.41, 5.74) is 6.53. The van der Waals surface area contributed by atoms with E-state index in [1.807, 2.05) is 31.7 Å². The number of fused-ring (bicyclic) bond motifs is 6. The lowest BCUT2D eigenvalue weighted by Crippen LogP contribution is -2.54. The first-order chi connectivity index (χ1) is 29.8. The van der Waals surface area contributed by atoms with Gasteiger partial charge in [-0.2, -0.15) is 0 Å². The van der Waals surface area contributed by atoms with E-state index in [1.54, 1.807) is 18.0 Å². The number of carbonyl (C=O) groups excluding carboxylic acids is 4. The van der Waals surface area contributed by atoms with E-state index in [-0.39, 0.29) is 41.8 Å². The normalized spacial score (nSPS) is 21.0. The van der Waals surface area contributed by atoms with Crippen LogP contribution in [0.2, 0.25) is 0 Å². The molecule has 2 saturated heterocycles. The summed E-state index contributed by atoms with van der Waals surface area (Å²) in [6, 6.07) is 12.3. The summed E-state index contributed by atoms with van der Waals surface area (Å²) in [6.45, 7) is 10.6. The van der Waals surface area contributed by atoms with Crippen molar-refractivity contribution in [2.45, 2.75) is 103 Å². The predicted molar refractivity (Wildman–Crippen MR) is 232 cm³/mol. The molecule has 4 N–H and O–H groups in total. The van der Waals surface area contributed by atoms with E-state index in [2.05, 4.69) is 63.9 Å². The molecule has 3 aromatic carbocycles. The topological polar surface area (TPSA) is 193 Å². The van der Waals surface area contributed by atoms with Crippen LogP contribution in [0.15, 0.2) is 48.7 Å². The Morgan fingerprint density at radius 1 is 0.887 bits per heavy atom. The summed E-state index contributed by atoms with van der Waals surface area (Å²) in [7, 11) is 4.07. The number of benzene rings is 3. The number of imidazole rings is 2. The second-order valence-electron chi connectivity index (χ2n) is 17.1. The quantitative estimate of drug-likeness (QED) is 0.106. The van der Waals surface area contributed by atoms with Crippen LogP contribution in [0.5, 0.6) is 5.75 Å². The number of hydrogen-bond donors (Lipinski definition) is 4. The number of nitrogens with one attached hydrogen (secondary N) is 4. The van der Waals surface area contributed by atoms with Gasteiger partial charge in [0.1, 0.15) is 36.1 Å². The SMILES string of the molecule is CC[C@H]1C[C@@H](c2ncc(-c3ccc4c(c3)COc3cc5c(ccc6nc(C7CC[C@H](C)N7C(=O)[C@@H](NC(=O)OC)C(C)C)[nH]c65)cc3-4)[nH]2)N(C(=O)[C@@H](NC(=O)OC)[C@@H](C)OC)C1. The van der Waals surface area contributed by atoms with E-state index >= 15 is 0 Å². The van der Waals surface area contributed by atoms with Crippen molar-refractivity contribution in [2.75, 3.05) is 27.9 Å². The Kier molecular flexibility index (Phi) is 11.9. The van der Waals surface area contributed by atoms with Gasteiger partial charge in [-0.15, -0.1) is 0 Å². The number of likely N-dealkylation sites (tertiary alicyclic amines) is 2. The molecule has 0 saturated carbocycles. The van der Waals surface area contributed by atoms with Gasteiger partial charge in [0.05, 0.1) is 55.3 Å². The minimum absolute atomic E-state index is 0.0297. The lowest BCUT2D eigenvalue weighted by Gasteiger charge is -2.32. The number of carbonyl (C=O) groups is 4. The zero-order valence-corrected chi connectivity index (χ0v) is 36.5. The molecule has 16 heteroatoms. The molecule has 16 nitrogen and oxygen atoms in total. The van der Waals surface area contributed by atoms with E-state index in [4.69, 9.17) is 28.9 Å². The van der Waals surface area contributed by atoms with E-state index in [0.29, 0.717) is 24.8 Å². The van der Waals surface area contributed by atoms with Gasteiger partial charge in [0, 0.05) is 30.6 Å². The fraction of sp³-hybridized carbons (Fsp3) is 0.478. The van der Waals surface area contributed by atoms with Gasteiger partial charge >= 0.3 is 12.2 Å². The smallest absolute Gasteiger partial charge is 0.407 e. The van der Waals surface area contributed by atoms with Crippen LogP contribution in [0.25, 0.3) is 44.2 Å². The van der Waals surface area contributed by atoms with Crippen molar-refractivity contribution in [1.29, 1.82) is 0 Å². The summed E-state index contributed by atoms with van der Waals surface area (Å²) in [5, 5.41) is 7.39. The van der Waals surface area contributed by atoms with E-state index < -0.39 is 30.4 Å². The Hall–Kier alpha value is -6.16. The lowest BCUT2D eigenvalue weighted by atomic mass is 9.92. The molecule has 2 aromatic heterocycles. The van der Waals surface area contributed by atoms with Crippen LogP contribution in [-0.4, -0.2) is 106 Å². The molecule has 0 radical (unpaired) electrons. The molecule has 0 spiro atoms. The van der Waals surface area contributed by atoms with Gasteiger partial charge in [-0.3, -0.25) is 9.59 Å². The number of ether oxygens (including phenoxy) is 4. The number of rotatable bonds is 11. The highest BCUT2D eigenvalue weighted by Gasteiger charge is 2.43. The summed E-state index contributed by atoms with van der Waals surface area (Å²) in [4.78, 5) is 72.9. The third kappa shape index (κ3) is 7.80. The molecule has 328 valence electrons. The third-order valence-corrected chi connectivity index (χ3v) is 13.0. The molecule has 5 aromatic rings. The summed E-state index contributed by atoms with van der Waals surface area (Å²) >= 11 is 0. The van der Waals surface area contributed by atoms with Crippen molar-refractivity contribution >= 4 is 45.8 Å². The highest BCUT2D eigenvalue weighted by Crippen LogP contribution is 2.44. The maximum Gasteiger partial charge on any atom is 0.407 e. The van der Waals surface area contributed by atoms with Crippen molar-refractivity contribution in [1.82, 2.24) is 40.4 Å². The minimum atomic E-state index is -0.922. The Bertz CT molecular complexity index is 2510. The lowest BCUT2D eigenvalue weighted by molar-refractivity contribution is -0.138. The van der Waals surface area contributed by atoms with Crippen LogP contribution >= 0.6 is 0 Å². The molecular weight excluding hydrogens is 793 g/mol. The minimum Gasteiger partial charge on any atom is -0.488 e. The maximum atomic E-state index is 14.0. The molecule has 3 aliphatic rings. The summed E-state index contributed by atoms with van der Waals surface area (Å²) in [6.07, 6.45) is 3.09. The zero-order valence-electron chi connectivity index (χ0n) is 36.5. The van der Waals surface area contributed by atoms with Crippen molar-refractivity contribution in [3.05, 3.63) is 65.9 Å². The second-order valence-corrected chi connectivity index (χ2v) is 17.1. The Morgan fingerprint density at radius 2 is 1.65 bits per heavy atom. The first kappa shape index (κ1) is 42.5. The predicted octanol–water partition coefficient (Wildman–Crippen LogP) is 7.16. The standard InChI is InChI=1S/C46H56N8O8/c1-9-26-16-36(53(21-26)43(55)39(25(5)59-6)52-46(58)61-8)41-47-20-34(49-41)28-11-13-30-29(17-28)22-62-37-19-31-27(18-32(30)37)12-14-33-40(31)50-42(48-33)35-15-10-24(4)54(35)44(56)38(23(2)3)51-45(57)60-7/h11-14,17-20,23-26,35-36,38-39H,9-10,15-16,21-22H2,1-8H3,(H,47,49)(H,48,50)(H,51,57)(H,52,58)/t24-,25+,26-,35?,36-,38-,39-/m0/s1. The van der Waals surface area contributed by atoms with Crippen molar-refractivity contribution in [3.63, 3.8) is 0 Å². The molecule has 7 atom stereocenters. The number of alkyl carbamates (subject to hydrolysis) is 2. The number of amides is 4. The Labute approximate surface area is 360 Å². The molecule has 4 amide bonds. The van der Waals surface area contributed by atoms with Gasteiger partial charge in [0.25, 0.3) is 0 Å². The number of hydrogen-bond acceptors (Lipinski definition) is 10. The maximum absolute atomic E-state index is 14.0. The van der Waals surface area contributed by atoms with Crippen LogP contribution < -0.4 is 15.4 Å². The van der Waals surface area contributed by atoms with E-state index in [1.165, 1.54) is 21.3 Å². The van der Waals surface area contributed by atoms with Gasteiger partial charge in [-0.1, -0.05) is 45.4 Å². The number of methoxy groups -OCH3 is 3. The molecular formula is C46H56N8O8. The average molecular weight is 849 g/mol. The van der Waals surface area contributed by atoms with Gasteiger partial charge in [-0.05, 0) is 91.3 Å². The average Bonchev–Trinajstić information content (AvgIpc) is 4.11. The highest BCUT2D eigenvalue weighted by atomic mass is 16.5. The van der Waals surface area contributed by atoms with Gasteiger partial charge in [0.15, 0.2) is 0 Å². The molecule has 62 heavy (non-hydrogen) atoms. The third-order valence-electron chi connectivity index (χ3n) is 13.0. The molecule has 0 bridgehead atoms. The highest BCUT2D eigenvalue weighted by molar-refractivity contribution is 6.07. The summed E-state index contributed by atoms with van der Waals surface area (Å²) < 4.78 is 21.5. The van der Waals surface area contributed by atoms with Crippen molar-refractivity contribution in [2.24, 2.45) is 11.8 Å². The fourth-order valence-corrected chi connectivity index (χ4v) is 9.38. The van der Waals surface area contributed by atoms with Crippen LogP contribution in [0.3, 0.4) is 0 Å². The number of nitrogens with zero attached hydrogens (tertiary/aromatic N) is 4. The largest absolute Gasteiger partial charge is 0.488 e. The van der Waals surface area contributed by atoms with Crippen molar-refractivity contribution < 1.29 is 38.1 Å².